The second kappa shape index (κ2) is 6.85. The minimum absolute atomic E-state index is 0.320. The lowest BCUT2D eigenvalue weighted by Gasteiger charge is -2.10. The average molecular weight is 352 g/mol. The highest BCUT2D eigenvalue weighted by molar-refractivity contribution is 9.10. The van der Waals surface area contributed by atoms with Gasteiger partial charge in [0.25, 0.3) is 0 Å². The van der Waals surface area contributed by atoms with E-state index in [0.29, 0.717) is 18.7 Å². The standard InChI is InChI=1S/C15H18BrN3O2/c1-4-10-7-11(16)8-17-14(10)19-9-12(15(20)21-6-3)18-13(19)5-2/h7-9H,4-6H2,1-3H3. The molecule has 6 heteroatoms. The van der Waals surface area contributed by atoms with Gasteiger partial charge in [-0.3, -0.25) is 4.57 Å². The molecule has 0 aliphatic heterocycles. The molecule has 2 aromatic rings. The van der Waals surface area contributed by atoms with Crippen LogP contribution in [0.4, 0.5) is 0 Å². The van der Waals surface area contributed by atoms with Crippen LogP contribution in [-0.2, 0) is 17.6 Å². The van der Waals surface area contributed by atoms with Gasteiger partial charge in [-0.05, 0) is 40.9 Å². The number of aryl methyl sites for hydroxylation is 2. The van der Waals surface area contributed by atoms with E-state index in [0.717, 1.165) is 28.1 Å². The molecule has 0 aliphatic rings. The number of aromatic nitrogens is 3. The van der Waals surface area contributed by atoms with Crippen molar-refractivity contribution in [1.29, 1.82) is 0 Å². The molecular weight excluding hydrogens is 334 g/mol. The molecule has 0 amide bonds. The van der Waals surface area contributed by atoms with Crippen molar-refractivity contribution >= 4 is 21.9 Å². The Morgan fingerprint density at radius 1 is 1.33 bits per heavy atom. The molecule has 0 saturated carbocycles. The van der Waals surface area contributed by atoms with Gasteiger partial charge in [-0.2, -0.15) is 0 Å². The topological polar surface area (TPSA) is 57.0 Å². The Kier molecular flexibility index (Phi) is 5.12. The third-order valence-electron chi connectivity index (χ3n) is 3.10. The van der Waals surface area contributed by atoms with E-state index in [-0.39, 0.29) is 0 Å². The third kappa shape index (κ3) is 3.32. The van der Waals surface area contributed by atoms with E-state index in [1.165, 1.54) is 0 Å². The fraction of sp³-hybridized carbons (Fsp3) is 0.400. The Morgan fingerprint density at radius 2 is 2.10 bits per heavy atom. The van der Waals surface area contributed by atoms with E-state index in [1.807, 2.05) is 17.6 Å². The number of hydrogen-bond acceptors (Lipinski definition) is 4. The lowest BCUT2D eigenvalue weighted by Crippen LogP contribution is -2.05. The quantitative estimate of drug-likeness (QED) is 0.775. The molecule has 0 aromatic carbocycles. The first kappa shape index (κ1) is 15.7. The lowest BCUT2D eigenvalue weighted by atomic mass is 10.2. The third-order valence-corrected chi connectivity index (χ3v) is 3.53. The normalized spacial score (nSPS) is 10.7. The minimum Gasteiger partial charge on any atom is -0.461 e. The van der Waals surface area contributed by atoms with Gasteiger partial charge >= 0.3 is 5.97 Å². The van der Waals surface area contributed by atoms with Gasteiger partial charge in [-0.1, -0.05) is 13.8 Å². The summed E-state index contributed by atoms with van der Waals surface area (Å²) in [6.45, 7) is 6.19. The number of carbonyl (C=O) groups is 1. The van der Waals surface area contributed by atoms with Gasteiger partial charge in [0.1, 0.15) is 11.6 Å². The summed E-state index contributed by atoms with van der Waals surface area (Å²) in [7, 11) is 0. The molecular formula is C15H18BrN3O2. The summed E-state index contributed by atoms with van der Waals surface area (Å²) >= 11 is 3.43. The highest BCUT2D eigenvalue weighted by Gasteiger charge is 2.17. The molecule has 0 aliphatic carbocycles. The smallest absolute Gasteiger partial charge is 0.358 e. The first-order valence-electron chi connectivity index (χ1n) is 7.00. The van der Waals surface area contributed by atoms with Crippen molar-refractivity contribution in [1.82, 2.24) is 14.5 Å². The number of carbonyl (C=O) groups excluding carboxylic acids is 1. The van der Waals surface area contributed by atoms with Crippen molar-refractivity contribution in [3.8, 4) is 5.82 Å². The molecule has 0 atom stereocenters. The van der Waals surface area contributed by atoms with Crippen molar-refractivity contribution in [2.24, 2.45) is 0 Å². The summed E-state index contributed by atoms with van der Waals surface area (Å²) < 4.78 is 7.82. The van der Waals surface area contributed by atoms with Crippen LogP contribution in [0.2, 0.25) is 0 Å². The van der Waals surface area contributed by atoms with Crippen molar-refractivity contribution in [2.45, 2.75) is 33.6 Å². The molecule has 5 nitrogen and oxygen atoms in total. The average Bonchev–Trinajstić information content (AvgIpc) is 2.91. The SMILES string of the molecule is CCOC(=O)c1cn(-c2ncc(Br)cc2CC)c(CC)n1. The number of ether oxygens (including phenoxy) is 1. The van der Waals surface area contributed by atoms with E-state index < -0.39 is 5.97 Å². The maximum absolute atomic E-state index is 11.8. The fourth-order valence-electron chi connectivity index (χ4n) is 2.11. The summed E-state index contributed by atoms with van der Waals surface area (Å²) in [6, 6.07) is 2.03. The second-order valence-corrected chi connectivity index (χ2v) is 5.39. The maximum Gasteiger partial charge on any atom is 0.358 e. The Labute approximate surface area is 132 Å². The summed E-state index contributed by atoms with van der Waals surface area (Å²) in [4.78, 5) is 20.7. The molecule has 2 rings (SSSR count). The van der Waals surface area contributed by atoms with Crippen LogP contribution in [0.5, 0.6) is 0 Å². The van der Waals surface area contributed by atoms with Crippen LogP contribution >= 0.6 is 15.9 Å². The van der Waals surface area contributed by atoms with Crippen molar-refractivity contribution in [2.75, 3.05) is 6.61 Å². The van der Waals surface area contributed by atoms with Crippen LogP contribution in [0.1, 0.15) is 42.6 Å². The fourth-order valence-corrected chi connectivity index (χ4v) is 2.48. The number of hydrogen-bond donors (Lipinski definition) is 0. The number of esters is 1. The molecule has 0 unspecified atom stereocenters. The van der Waals surface area contributed by atoms with E-state index in [2.05, 4.69) is 32.8 Å². The van der Waals surface area contributed by atoms with Gasteiger partial charge in [-0.15, -0.1) is 0 Å². The molecule has 21 heavy (non-hydrogen) atoms. The first-order chi connectivity index (χ1) is 10.1. The first-order valence-corrected chi connectivity index (χ1v) is 7.80. The van der Waals surface area contributed by atoms with Crippen LogP contribution in [0.3, 0.4) is 0 Å². The molecule has 2 aromatic heterocycles. The Hall–Kier alpha value is -1.69. The van der Waals surface area contributed by atoms with Crippen LogP contribution in [-0.4, -0.2) is 27.1 Å². The minimum atomic E-state index is -0.402. The predicted molar refractivity (Wildman–Crippen MR) is 83.8 cm³/mol. The van der Waals surface area contributed by atoms with Crippen molar-refractivity contribution in [3.05, 3.63) is 40.0 Å². The molecule has 0 saturated heterocycles. The molecule has 112 valence electrons. The number of pyridine rings is 1. The van der Waals surface area contributed by atoms with Crippen LogP contribution < -0.4 is 0 Å². The van der Waals surface area contributed by atoms with Gasteiger partial charge in [0.2, 0.25) is 0 Å². The van der Waals surface area contributed by atoms with Crippen LogP contribution in [0.15, 0.2) is 22.9 Å². The maximum atomic E-state index is 11.8. The molecule has 0 fully saturated rings. The van der Waals surface area contributed by atoms with E-state index in [4.69, 9.17) is 4.74 Å². The highest BCUT2D eigenvalue weighted by atomic mass is 79.9. The highest BCUT2D eigenvalue weighted by Crippen LogP contribution is 2.20. The molecule has 0 radical (unpaired) electrons. The lowest BCUT2D eigenvalue weighted by molar-refractivity contribution is 0.0520. The number of rotatable bonds is 5. The number of nitrogens with zero attached hydrogens (tertiary/aromatic N) is 3. The monoisotopic (exact) mass is 351 g/mol. The van der Waals surface area contributed by atoms with Gasteiger partial charge < -0.3 is 4.74 Å². The summed E-state index contributed by atoms with van der Waals surface area (Å²) in [6.07, 6.45) is 5.00. The zero-order chi connectivity index (χ0) is 15.4. The largest absolute Gasteiger partial charge is 0.461 e. The van der Waals surface area contributed by atoms with Gasteiger partial charge in [0, 0.05) is 23.3 Å². The summed E-state index contributed by atoms with van der Waals surface area (Å²) in [5, 5.41) is 0. The summed E-state index contributed by atoms with van der Waals surface area (Å²) in [5.74, 6) is 1.20. The molecule has 0 spiro atoms. The van der Waals surface area contributed by atoms with Gasteiger partial charge in [0.05, 0.1) is 6.61 Å². The van der Waals surface area contributed by atoms with E-state index in [1.54, 1.807) is 19.3 Å². The molecule has 0 N–H and O–H groups in total. The zero-order valence-electron chi connectivity index (χ0n) is 12.4. The Bertz CT molecular complexity index is 652. The van der Waals surface area contributed by atoms with Crippen molar-refractivity contribution in [3.63, 3.8) is 0 Å². The van der Waals surface area contributed by atoms with E-state index >= 15 is 0 Å². The van der Waals surface area contributed by atoms with Gasteiger partial charge in [0.15, 0.2) is 5.69 Å². The molecule has 0 bridgehead atoms. The Morgan fingerprint density at radius 3 is 2.71 bits per heavy atom. The van der Waals surface area contributed by atoms with Crippen LogP contribution in [0, 0.1) is 0 Å². The Balaban J connectivity index is 2.50. The predicted octanol–water partition coefficient (Wildman–Crippen LogP) is 3.33. The molecule has 2 heterocycles. The number of halogens is 1. The summed E-state index contributed by atoms with van der Waals surface area (Å²) in [5.41, 5.74) is 1.41. The second-order valence-electron chi connectivity index (χ2n) is 4.48. The van der Waals surface area contributed by atoms with Crippen molar-refractivity contribution < 1.29 is 9.53 Å². The van der Waals surface area contributed by atoms with Gasteiger partial charge in [-0.25, -0.2) is 14.8 Å². The number of imidazole rings is 1. The van der Waals surface area contributed by atoms with E-state index in [9.17, 15) is 4.79 Å². The van der Waals surface area contributed by atoms with Crippen LogP contribution in [0.25, 0.3) is 5.82 Å². The zero-order valence-corrected chi connectivity index (χ0v) is 14.0.